The number of thiazole rings is 1. The lowest BCUT2D eigenvalue weighted by atomic mass is 10.1. The van der Waals surface area contributed by atoms with E-state index >= 15 is 0 Å². The lowest BCUT2D eigenvalue weighted by molar-refractivity contribution is -0.120. The van der Waals surface area contributed by atoms with E-state index in [4.69, 9.17) is 19.8 Å². The average molecular weight is 491 g/mol. The molecule has 1 amide bonds. The van der Waals surface area contributed by atoms with E-state index in [2.05, 4.69) is 20.0 Å². The van der Waals surface area contributed by atoms with Crippen molar-refractivity contribution < 1.29 is 25.8 Å². The number of likely N-dealkylation sites (N-methyl/N-ethyl adjacent to an activating group) is 1. The molecule has 31 heavy (non-hydrogen) atoms. The molecule has 0 radical (unpaired) electrons. The van der Waals surface area contributed by atoms with Gasteiger partial charge in [0, 0.05) is 40.3 Å². The van der Waals surface area contributed by atoms with Crippen LogP contribution in [0.25, 0.3) is 10.6 Å². The van der Waals surface area contributed by atoms with Gasteiger partial charge < -0.3 is 9.88 Å². The van der Waals surface area contributed by atoms with Gasteiger partial charge in [-0.25, -0.2) is 14.4 Å². The summed E-state index contributed by atoms with van der Waals surface area (Å²) >= 11 is 6.73. The topological polar surface area (TPSA) is 109 Å². The molecular formula is C18H18ClFN6O3S2. The first-order valence-corrected chi connectivity index (χ1v) is 11.3. The third-order valence-corrected chi connectivity index (χ3v) is 7.22. The molecule has 9 nitrogen and oxygen atoms in total. The Morgan fingerprint density at radius 1 is 1.42 bits per heavy atom. The number of aryl methyl sites for hydroxylation is 1. The van der Waals surface area contributed by atoms with Crippen LogP contribution in [-0.4, -0.2) is 46.2 Å². The summed E-state index contributed by atoms with van der Waals surface area (Å²) in [5.41, 5.74) is 0.320. The Kier molecular flexibility index (Phi) is 4.12. The number of amides is 1. The average Bonchev–Trinajstić information content (AvgIpc) is 3.43. The Balaban J connectivity index is 1.64. The van der Waals surface area contributed by atoms with Crippen LogP contribution >= 0.6 is 22.9 Å². The van der Waals surface area contributed by atoms with Crippen molar-refractivity contribution in [3.8, 4) is 10.6 Å². The zero-order valence-corrected chi connectivity index (χ0v) is 17.8. The van der Waals surface area contributed by atoms with Gasteiger partial charge in [0.2, 0.25) is 5.91 Å². The van der Waals surface area contributed by atoms with E-state index in [1.165, 1.54) is 18.5 Å². The molecule has 0 aliphatic carbocycles. The van der Waals surface area contributed by atoms with Gasteiger partial charge in [-0.2, -0.15) is 17.4 Å². The van der Waals surface area contributed by atoms with E-state index in [1.54, 1.807) is 0 Å². The number of nitrogens with zero attached hydrogens (tertiary/aromatic N) is 4. The van der Waals surface area contributed by atoms with Crippen LogP contribution in [0.3, 0.4) is 0 Å². The van der Waals surface area contributed by atoms with E-state index in [0.717, 1.165) is 34.4 Å². The molecule has 3 heterocycles. The second-order valence-corrected chi connectivity index (χ2v) is 9.62. The highest BCUT2D eigenvalue weighted by Crippen LogP contribution is 2.34. The zero-order valence-electron chi connectivity index (χ0n) is 21.4. The maximum Gasteiger partial charge on any atom is 0.280 e. The summed E-state index contributed by atoms with van der Waals surface area (Å²) in [6.07, 6.45) is 3.47. The highest BCUT2D eigenvalue weighted by atomic mass is 35.5. The highest BCUT2D eigenvalue weighted by Gasteiger charge is 2.41. The minimum absolute atomic E-state index is 0.0377. The molecule has 164 valence electrons. The van der Waals surface area contributed by atoms with E-state index in [9.17, 15) is 17.6 Å². The number of carbonyl (C=O) groups excluding carboxylic acids is 1. The van der Waals surface area contributed by atoms with Gasteiger partial charge in [-0.1, -0.05) is 11.6 Å². The number of rotatable bonds is 4. The third kappa shape index (κ3) is 4.48. The Morgan fingerprint density at radius 3 is 2.97 bits per heavy atom. The fourth-order valence-corrected chi connectivity index (χ4v) is 5.35. The van der Waals surface area contributed by atoms with Crippen LogP contribution in [0, 0.1) is 5.82 Å². The number of aromatic nitrogens is 3. The van der Waals surface area contributed by atoms with Crippen molar-refractivity contribution in [2.75, 3.05) is 12.3 Å². The minimum Gasteiger partial charge on any atom is -0.340 e. The maximum absolute atomic E-state index is 13.5. The highest BCUT2D eigenvalue weighted by molar-refractivity contribution is 7.87. The number of halogens is 2. The molecule has 1 saturated heterocycles. The summed E-state index contributed by atoms with van der Waals surface area (Å²) in [6, 6.07) is 0.519. The van der Waals surface area contributed by atoms with Crippen molar-refractivity contribution >= 4 is 44.7 Å². The van der Waals surface area contributed by atoms with Crippen molar-refractivity contribution in [2.24, 2.45) is 6.98 Å². The summed E-state index contributed by atoms with van der Waals surface area (Å²) in [7, 11) is -4.70. The van der Waals surface area contributed by atoms with Crippen LogP contribution in [0.15, 0.2) is 36.9 Å². The van der Waals surface area contributed by atoms with E-state index in [0.29, 0.717) is 4.88 Å². The van der Waals surface area contributed by atoms with Gasteiger partial charge >= 0.3 is 0 Å². The minimum atomic E-state index is -4.70. The number of imidazole rings is 1. The molecule has 0 bridgehead atoms. The first kappa shape index (κ1) is 15.4. The maximum atomic E-state index is 13.5. The summed E-state index contributed by atoms with van der Waals surface area (Å²) < 4.78 is 88.2. The molecule has 0 unspecified atom stereocenters. The van der Waals surface area contributed by atoms with Gasteiger partial charge in [0.15, 0.2) is 0 Å². The lowest BCUT2D eigenvalue weighted by Crippen LogP contribution is -2.55. The number of benzene rings is 1. The zero-order chi connectivity index (χ0) is 27.3. The summed E-state index contributed by atoms with van der Waals surface area (Å²) in [5.74, 6) is -1.71. The van der Waals surface area contributed by atoms with Crippen molar-refractivity contribution in [1.29, 1.82) is 0 Å². The molecule has 0 spiro atoms. The van der Waals surface area contributed by atoms with Crippen LogP contribution < -0.4 is 10.0 Å². The van der Waals surface area contributed by atoms with Crippen LogP contribution in [0.1, 0.15) is 25.7 Å². The molecule has 2 atom stereocenters. The lowest BCUT2D eigenvalue weighted by Gasteiger charge is -2.35. The molecule has 1 aliphatic rings. The predicted molar refractivity (Wildman–Crippen MR) is 115 cm³/mol. The van der Waals surface area contributed by atoms with Crippen molar-refractivity contribution in [2.45, 2.75) is 18.5 Å². The molecule has 3 aromatic rings. The van der Waals surface area contributed by atoms with E-state index in [-0.39, 0.29) is 32.1 Å². The molecule has 0 saturated carbocycles. The quantitative estimate of drug-likeness (QED) is 0.584. The Bertz CT molecular complexity index is 1440. The van der Waals surface area contributed by atoms with E-state index < -0.39 is 48.0 Å². The molecule has 13 heteroatoms. The molecule has 1 aliphatic heterocycles. The third-order valence-electron chi connectivity index (χ3n) is 4.44. The van der Waals surface area contributed by atoms with Gasteiger partial charge in [0.1, 0.15) is 16.9 Å². The van der Waals surface area contributed by atoms with Gasteiger partial charge in [-0.3, -0.25) is 4.79 Å². The molecule has 1 aromatic carbocycles. The van der Waals surface area contributed by atoms with Crippen molar-refractivity contribution in [3.05, 3.63) is 52.8 Å². The number of carbonyl (C=O) groups is 1. The smallest absolute Gasteiger partial charge is 0.280 e. The van der Waals surface area contributed by atoms with Crippen molar-refractivity contribution in [1.82, 2.24) is 23.6 Å². The largest absolute Gasteiger partial charge is 0.340 e. The fourth-order valence-electron chi connectivity index (χ4n) is 2.95. The number of hydrogen-bond acceptors (Lipinski definition) is 6. The first-order chi connectivity index (χ1) is 17.1. The molecule has 2 N–H and O–H groups in total. The Labute approximate surface area is 195 Å². The summed E-state index contributed by atoms with van der Waals surface area (Å²) in [6.45, 7) is -5.64. The number of anilines is 1. The molecule has 2 aromatic heterocycles. The molecule has 4 rings (SSSR count). The predicted octanol–water partition coefficient (Wildman–Crippen LogP) is 2.55. The van der Waals surface area contributed by atoms with E-state index in [1.807, 2.05) is 0 Å². The van der Waals surface area contributed by atoms with Crippen LogP contribution in [0.4, 0.5) is 10.1 Å². The van der Waals surface area contributed by atoms with Gasteiger partial charge in [0.25, 0.3) is 10.2 Å². The van der Waals surface area contributed by atoms with Crippen LogP contribution in [-0.2, 0) is 22.0 Å². The number of hydrogen-bond donors (Lipinski definition) is 2. The van der Waals surface area contributed by atoms with Crippen LogP contribution in [0.2, 0.25) is 5.02 Å². The molecular weight excluding hydrogens is 467 g/mol. The number of nitrogens with one attached hydrogen (secondary N) is 2. The Morgan fingerprint density at radius 2 is 2.26 bits per heavy atom. The van der Waals surface area contributed by atoms with Gasteiger partial charge in [-0.05, 0) is 24.6 Å². The second-order valence-electron chi connectivity index (χ2n) is 6.57. The monoisotopic (exact) mass is 490 g/mol. The standard InChI is InChI=1S/C18H18ClFN6O3S2/c1-25-8-14(22-9-25)16-7-21-18(30-16)13-6-15(26(2)31(28,29)24-13)17(27)23-10-3-4-12(20)11(19)5-10/h3-5,7-9,13,15,24H,6H2,1-2H3,(H,23,27)/t13-,15+/m1/s1/i1D3,2D3. The van der Waals surface area contributed by atoms with Crippen LogP contribution in [0.5, 0.6) is 0 Å². The van der Waals surface area contributed by atoms with Crippen molar-refractivity contribution in [3.63, 3.8) is 0 Å². The summed E-state index contributed by atoms with van der Waals surface area (Å²) in [4.78, 5) is 21.8. The second kappa shape index (κ2) is 8.28. The normalized spacial score (nSPS) is 24.8. The molecule has 1 fully saturated rings. The summed E-state index contributed by atoms with van der Waals surface area (Å²) in [5, 5.41) is 2.29. The SMILES string of the molecule is [2H]C([2H])([2H])N1[C@H](C(=O)Nc2ccc(F)c(Cl)c2)C[C@H](c2ncc(-c3cn(C([2H])([2H])[2H])cn3)s2)NS1(=O)=O. The fraction of sp³-hybridized carbons (Fsp3) is 0.278. The van der Waals surface area contributed by atoms with Gasteiger partial charge in [-0.15, -0.1) is 11.3 Å². The first-order valence-electron chi connectivity index (χ1n) is 11.6. The Hall–Kier alpha value is -2.38. The van der Waals surface area contributed by atoms with Gasteiger partial charge in [0.05, 0.1) is 28.0 Å².